The monoisotopic (exact) mass is 264 g/mol. The first kappa shape index (κ1) is 14.6. The van der Waals surface area contributed by atoms with Gasteiger partial charge in [-0.3, -0.25) is 10.4 Å². The van der Waals surface area contributed by atoms with Gasteiger partial charge in [-0.25, -0.2) is 0 Å². The van der Waals surface area contributed by atoms with E-state index in [1.165, 1.54) is 12.0 Å². The van der Waals surface area contributed by atoms with Crippen molar-refractivity contribution in [2.45, 2.75) is 11.3 Å². The Morgan fingerprint density at radius 2 is 2.13 bits per heavy atom. The summed E-state index contributed by atoms with van der Waals surface area (Å²) in [7, 11) is 4.95. The van der Waals surface area contributed by atoms with Crippen LogP contribution in [0, 0.1) is 5.41 Å². The molecule has 0 fully saturated rings. The molecule has 3 nitrogen and oxygen atoms in total. The number of halogens is 1. The molecule has 1 aromatic rings. The predicted molar refractivity (Wildman–Crippen MR) is 69.2 cm³/mol. The lowest BCUT2D eigenvalue weighted by Crippen LogP contribution is -1.99. The molecule has 0 aliphatic carbocycles. The van der Waals surface area contributed by atoms with E-state index in [2.05, 4.69) is 4.98 Å². The highest BCUT2D eigenvalue weighted by Gasteiger charge is 1.97. The van der Waals surface area contributed by atoms with E-state index in [1.54, 1.807) is 34.0 Å². The number of ether oxygens (including phenoxy) is 1. The minimum Gasteiger partial charge on any atom is -0.484 e. The highest BCUT2D eigenvalue weighted by atomic mass is 35.5. The van der Waals surface area contributed by atoms with Crippen LogP contribution in [0.1, 0.15) is 6.42 Å². The van der Waals surface area contributed by atoms with Gasteiger partial charge in [-0.1, -0.05) is 21.6 Å². The zero-order chi connectivity index (χ0) is 10.2. The molecule has 1 heterocycles. The Morgan fingerprint density at radius 3 is 2.73 bits per heavy atom. The largest absolute Gasteiger partial charge is 0.484 e. The molecule has 84 valence electrons. The van der Waals surface area contributed by atoms with Gasteiger partial charge >= 0.3 is 0 Å². The third-order valence-corrected chi connectivity index (χ3v) is 3.85. The number of methoxy groups -OCH3 is 1. The van der Waals surface area contributed by atoms with Crippen molar-refractivity contribution in [3.63, 3.8) is 0 Å². The number of rotatable bonds is 5. The van der Waals surface area contributed by atoms with Crippen molar-refractivity contribution in [3.05, 3.63) is 24.5 Å². The van der Waals surface area contributed by atoms with Gasteiger partial charge < -0.3 is 4.74 Å². The Kier molecular flexibility index (Phi) is 8.65. The lowest BCUT2D eigenvalue weighted by Gasteiger charge is -2.01. The first-order valence-electron chi connectivity index (χ1n) is 4.14. The maximum Gasteiger partial charge on any atom is 0.180 e. The minimum absolute atomic E-state index is 0. The van der Waals surface area contributed by atoms with Crippen molar-refractivity contribution >= 4 is 39.9 Å². The maximum atomic E-state index is 7.27. The highest BCUT2D eigenvalue weighted by molar-refractivity contribution is 8.76. The van der Waals surface area contributed by atoms with Crippen molar-refractivity contribution in [1.29, 1.82) is 5.41 Å². The topological polar surface area (TPSA) is 46.0 Å². The van der Waals surface area contributed by atoms with Crippen LogP contribution >= 0.6 is 34.0 Å². The van der Waals surface area contributed by atoms with Gasteiger partial charge in [0.25, 0.3) is 0 Å². The molecule has 0 atom stereocenters. The van der Waals surface area contributed by atoms with E-state index in [-0.39, 0.29) is 12.4 Å². The zero-order valence-corrected chi connectivity index (χ0v) is 10.8. The third-order valence-electron chi connectivity index (χ3n) is 1.46. The molecule has 0 aromatic carbocycles. The molecule has 1 rings (SSSR count). The van der Waals surface area contributed by atoms with Gasteiger partial charge in [0, 0.05) is 29.5 Å². The molecule has 0 saturated heterocycles. The van der Waals surface area contributed by atoms with E-state index in [0.717, 1.165) is 5.75 Å². The average Bonchev–Trinajstić information content (AvgIpc) is 2.25. The number of nitrogens with zero attached hydrogens (tertiary/aromatic N) is 1. The average molecular weight is 265 g/mol. The van der Waals surface area contributed by atoms with Crippen LogP contribution in [0.4, 0.5) is 0 Å². The van der Waals surface area contributed by atoms with Gasteiger partial charge in [-0.2, -0.15) is 0 Å². The highest BCUT2D eigenvalue weighted by Crippen LogP contribution is 2.30. The molecule has 0 bridgehead atoms. The molecule has 0 aliphatic rings. The SMILES string of the molecule is COC(=N)CCSSc1ccncc1.Cl. The fourth-order valence-electron chi connectivity index (χ4n) is 0.740. The Hall–Kier alpha value is -0.390. The van der Waals surface area contributed by atoms with Crippen molar-refractivity contribution in [1.82, 2.24) is 4.98 Å². The molecule has 0 radical (unpaired) electrons. The lowest BCUT2D eigenvalue weighted by molar-refractivity contribution is 0.389. The number of nitrogens with one attached hydrogen (secondary N) is 1. The molecule has 0 aliphatic heterocycles. The van der Waals surface area contributed by atoms with Crippen LogP contribution in [-0.4, -0.2) is 23.7 Å². The fourth-order valence-corrected chi connectivity index (χ4v) is 2.70. The summed E-state index contributed by atoms with van der Waals surface area (Å²) in [5, 5.41) is 7.27. The van der Waals surface area contributed by atoms with Crippen LogP contribution in [0.15, 0.2) is 29.4 Å². The van der Waals surface area contributed by atoms with Crippen molar-refractivity contribution in [3.8, 4) is 0 Å². The van der Waals surface area contributed by atoms with E-state index < -0.39 is 0 Å². The predicted octanol–water partition coefficient (Wildman–Crippen LogP) is 3.26. The molecule has 1 N–H and O–H groups in total. The zero-order valence-electron chi connectivity index (χ0n) is 8.30. The molecule has 1 aromatic heterocycles. The normalized spacial score (nSPS) is 9.13. The quantitative estimate of drug-likeness (QED) is 0.384. The van der Waals surface area contributed by atoms with Crippen LogP contribution in [0.2, 0.25) is 0 Å². The van der Waals surface area contributed by atoms with E-state index in [4.69, 9.17) is 10.1 Å². The van der Waals surface area contributed by atoms with Gasteiger partial charge in [0.15, 0.2) is 5.90 Å². The van der Waals surface area contributed by atoms with Crippen LogP contribution < -0.4 is 0 Å². The standard InChI is InChI=1S/C9H12N2OS2.ClH/c1-12-9(10)4-7-13-14-8-2-5-11-6-3-8;/h2-3,5-6,10H,4,7H2,1H3;1H. The molecular formula is C9H13ClN2OS2. The van der Waals surface area contributed by atoms with Gasteiger partial charge in [0.05, 0.1) is 7.11 Å². The number of hydrogen-bond donors (Lipinski definition) is 1. The van der Waals surface area contributed by atoms with Gasteiger partial charge in [0.1, 0.15) is 0 Å². The number of pyridine rings is 1. The Labute approximate surface area is 104 Å². The van der Waals surface area contributed by atoms with E-state index in [1.807, 2.05) is 12.1 Å². The summed E-state index contributed by atoms with van der Waals surface area (Å²) in [6, 6.07) is 3.94. The second-order valence-corrected chi connectivity index (χ2v) is 4.95. The van der Waals surface area contributed by atoms with E-state index in [0.29, 0.717) is 12.3 Å². The lowest BCUT2D eigenvalue weighted by atomic mass is 10.5. The first-order valence-corrected chi connectivity index (χ1v) is 6.45. The first-order chi connectivity index (χ1) is 6.83. The molecule has 15 heavy (non-hydrogen) atoms. The number of aromatic nitrogens is 1. The molecule has 0 saturated carbocycles. The fraction of sp³-hybridized carbons (Fsp3) is 0.333. The summed E-state index contributed by atoms with van der Waals surface area (Å²) < 4.78 is 4.75. The Morgan fingerprint density at radius 1 is 1.47 bits per heavy atom. The van der Waals surface area contributed by atoms with Gasteiger partial charge in [-0.15, -0.1) is 12.4 Å². The number of hydrogen-bond acceptors (Lipinski definition) is 5. The smallest absolute Gasteiger partial charge is 0.180 e. The van der Waals surface area contributed by atoms with E-state index >= 15 is 0 Å². The molecule has 0 spiro atoms. The molecular weight excluding hydrogens is 252 g/mol. The minimum atomic E-state index is 0. The van der Waals surface area contributed by atoms with Crippen LogP contribution in [-0.2, 0) is 4.74 Å². The summed E-state index contributed by atoms with van der Waals surface area (Å²) in [5.74, 6) is 1.23. The van der Waals surface area contributed by atoms with Gasteiger partial charge in [-0.05, 0) is 12.1 Å². The summed E-state index contributed by atoms with van der Waals surface area (Å²) in [5.41, 5.74) is 0. The van der Waals surface area contributed by atoms with Crippen LogP contribution in [0.25, 0.3) is 0 Å². The Bertz CT molecular complexity index is 285. The van der Waals surface area contributed by atoms with Crippen LogP contribution in [0.5, 0.6) is 0 Å². The summed E-state index contributed by atoms with van der Waals surface area (Å²) in [4.78, 5) is 5.13. The van der Waals surface area contributed by atoms with E-state index in [9.17, 15) is 0 Å². The van der Waals surface area contributed by atoms with Crippen molar-refractivity contribution in [2.75, 3.05) is 12.9 Å². The molecule has 6 heteroatoms. The Balaban J connectivity index is 0.00000196. The van der Waals surface area contributed by atoms with Crippen molar-refractivity contribution in [2.24, 2.45) is 0 Å². The second-order valence-electron chi connectivity index (χ2n) is 2.47. The summed E-state index contributed by atoms with van der Waals surface area (Å²) >= 11 is 0. The van der Waals surface area contributed by atoms with Gasteiger partial charge in [0.2, 0.25) is 0 Å². The van der Waals surface area contributed by atoms with Crippen molar-refractivity contribution < 1.29 is 4.74 Å². The second kappa shape index (κ2) is 8.88. The maximum absolute atomic E-state index is 7.27. The van der Waals surface area contributed by atoms with Crippen LogP contribution in [0.3, 0.4) is 0 Å². The molecule has 0 amide bonds. The molecule has 0 unspecified atom stereocenters. The summed E-state index contributed by atoms with van der Waals surface area (Å²) in [6.07, 6.45) is 4.24. The summed E-state index contributed by atoms with van der Waals surface area (Å²) in [6.45, 7) is 0. The third kappa shape index (κ3) is 6.65.